The first-order chi connectivity index (χ1) is 9.76. The summed E-state index contributed by atoms with van der Waals surface area (Å²) in [6.07, 6.45) is 10.4. The highest BCUT2D eigenvalue weighted by atomic mass is 35.5. The molecule has 0 saturated heterocycles. The highest BCUT2D eigenvalue weighted by molar-refractivity contribution is 6.29. The Balaban J connectivity index is 1.71. The van der Waals surface area contributed by atoms with Crippen molar-refractivity contribution in [2.45, 2.75) is 70.3 Å². The molecule has 1 aromatic rings. The number of aromatic nitrogens is 2. The van der Waals surface area contributed by atoms with E-state index in [1.165, 1.54) is 44.9 Å². The van der Waals surface area contributed by atoms with Crippen molar-refractivity contribution in [2.75, 3.05) is 5.32 Å². The second-order valence-corrected chi connectivity index (χ2v) is 6.65. The Kier molecular flexibility index (Phi) is 4.45. The van der Waals surface area contributed by atoms with Gasteiger partial charge < -0.3 is 5.32 Å². The van der Waals surface area contributed by atoms with Gasteiger partial charge in [0.2, 0.25) is 0 Å². The molecule has 3 rings (SSSR count). The van der Waals surface area contributed by atoms with Crippen molar-refractivity contribution in [1.82, 2.24) is 9.97 Å². The molecule has 1 atom stereocenters. The summed E-state index contributed by atoms with van der Waals surface area (Å²) in [5, 5.41) is 4.20. The normalized spacial score (nSPS) is 21.7. The van der Waals surface area contributed by atoms with Gasteiger partial charge in [-0.05, 0) is 38.0 Å². The van der Waals surface area contributed by atoms with Gasteiger partial charge >= 0.3 is 0 Å². The lowest BCUT2D eigenvalue weighted by molar-refractivity contribution is 0.312. The van der Waals surface area contributed by atoms with Gasteiger partial charge in [0.05, 0.1) is 0 Å². The molecule has 0 aromatic carbocycles. The summed E-state index contributed by atoms with van der Waals surface area (Å²) < 4.78 is 0. The van der Waals surface area contributed by atoms with Gasteiger partial charge in [-0.3, -0.25) is 0 Å². The Morgan fingerprint density at radius 1 is 1.20 bits per heavy atom. The molecule has 2 aliphatic rings. The van der Waals surface area contributed by atoms with Crippen LogP contribution in [0.4, 0.5) is 5.82 Å². The fraction of sp³-hybridized carbons (Fsp3) is 0.750. The highest BCUT2D eigenvalue weighted by Gasteiger charge is 2.28. The zero-order valence-corrected chi connectivity index (χ0v) is 13.0. The second-order valence-electron chi connectivity index (χ2n) is 6.27. The van der Waals surface area contributed by atoms with Crippen molar-refractivity contribution in [1.29, 1.82) is 0 Å². The topological polar surface area (TPSA) is 37.8 Å². The summed E-state index contributed by atoms with van der Waals surface area (Å²) in [5.41, 5.74) is 0. The maximum absolute atomic E-state index is 6.14. The standard InChI is InChI=1S/C16H24ClN3/c1-2-13(11-6-4-3-5-7-11)18-15-10-14(17)19-16(20-15)12-8-9-12/h10-13H,2-9H2,1H3,(H,18,19,20). The van der Waals surface area contributed by atoms with E-state index < -0.39 is 0 Å². The maximum atomic E-state index is 6.14. The van der Waals surface area contributed by atoms with Crippen LogP contribution in [0.5, 0.6) is 0 Å². The molecule has 0 aliphatic heterocycles. The third-order valence-electron chi connectivity index (χ3n) is 4.65. The summed E-state index contributed by atoms with van der Waals surface area (Å²) in [6, 6.07) is 2.40. The quantitative estimate of drug-likeness (QED) is 0.794. The number of halogens is 1. The predicted molar refractivity (Wildman–Crippen MR) is 83.3 cm³/mol. The van der Waals surface area contributed by atoms with E-state index in [0.717, 1.165) is 24.0 Å². The molecule has 3 nitrogen and oxygen atoms in total. The van der Waals surface area contributed by atoms with Gasteiger partial charge in [0.15, 0.2) is 0 Å². The summed E-state index contributed by atoms with van der Waals surface area (Å²) in [6.45, 7) is 2.26. The third-order valence-corrected chi connectivity index (χ3v) is 4.84. The average Bonchev–Trinajstić information content (AvgIpc) is 3.30. The molecule has 20 heavy (non-hydrogen) atoms. The molecule has 2 aliphatic carbocycles. The first-order valence-electron chi connectivity index (χ1n) is 8.07. The molecule has 0 spiro atoms. The van der Waals surface area contributed by atoms with E-state index in [1.807, 2.05) is 6.07 Å². The number of nitrogens with one attached hydrogen (secondary N) is 1. The van der Waals surface area contributed by atoms with Gasteiger partial charge in [-0.1, -0.05) is 37.8 Å². The molecule has 0 bridgehead atoms. The average molecular weight is 294 g/mol. The fourth-order valence-corrected chi connectivity index (χ4v) is 3.50. The largest absolute Gasteiger partial charge is 0.367 e. The number of nitrogens with zero attached hydrogens (tertiary/aromatic N) is 2. The molecular weight excluding hydrogens is 270 g/mol. The Hall–Kier alpha value is -0.830. The van der Waals surface area contributed by atoms with Crippen LogP contribution in [0, 0.1) is 5.92 Å². The minimum atomic E-state index is 0.522. The van der Waals surface area contributed by atoms with Crippen molar-refractivity contribution in [3.05, 3.63) is 17.0 Å². The number of rotatable bonds is 5. The van der Waals surface area contributed by atoms with E-state index in [4.69, 9.17) is 11.6 Å². The van der Waals surface area contributed by atoms with Crippen molar-refractivity contribution in [2.24, 2.45) is 5.92 Å². The molecule has 1 N–H and O–H groups in total. The summed E-state index contributed by atoms with van der Waals surface area (Å²) in [7, 11) is 0. The van der Waals surface area contributed by atoms with Gasteiger partial charge in [-0.2, -0.15) is 0 Å². The van der Waals surface area contributed by atoms with E-state index in [0.29, 0.717) is 17.1 Å². The molecule has 0 amide bonds. The van der Waals surface area contributed by atoms with E-state index in [2.05, 4.69) is 22.2 Å². The van der Waals surface area contributed by atoms with Gasteiger partial charge in [-0.15, -0.1) is 0 Å². The Morgan fingerprint density at radius 2 is 1.95 bits per heavy atom. The molecule has 2 saturated carbocycles. The van der Waals surface area contributed by atoms with Crippen LogP contribution in [0.25, 0.3) is 0 Å². The van der Waals surface area contributed by atoms with Crippen LogP contribution in [-0.4, -0.2) is 16.0 Å². The zero-order chi connectivity index (χ0) is 13.9. The van der Waals surface area contributed by atoms with Crippen molar-refractivity contribution < 1.29 is 0 Å². The van der Waals surface area contributed by atoms with Gasteiger partial charge in [0.1, 0.15) is 16.8 Å². The summed E-state index contributed by atoms with van der Waals surface area (Å²) >= 11 is 6.14. The first kappa shape index (κ1) is 14.1. The molecule has 0 radical (unpaired) electrons. The Labute approximate surface area is 126 Å². The molecule has 1 heterocycles. The van der Waals surface area contributed by atoms with Crippen molar-refractivity contribution in [3.63, 3.8) is 0 Å². The smallest absolute Gasteiger partial charge is 0.135 e. The third kappa shape index (κ3) is 3.43. The lowest BCUT2D eigenvalue weighted by Gasteiger charge is -2.30. The van der Waals surface area contributed by atoms with Crippen LogP contribution >= 0.6 is 11.6 Å². The van der Waals surface area contributed by atoms with Crippen LogP contribution < -0.4 is 5.32 Å². The van der Waals surface area contributed by atoms with Crippen LogP contribution in [0.15, 0.2) is 6.07 Å². The summed E-state index contributed by atoms with van der Waals surface area (Å²) in [5.74, 6) is 3.18. The molecule has 2 fully saturated rings. The van der Waals surface area contributed by atoms with E-state index in [-0.39, 0.29) is 0 Å². The summed E-state index contributed by atoms with van der Waals surface area (Å²) in [4.78, 5) is 9.03. The van der Waals surface area contributed by atoms with Crippen LogP contribution in [0.1, 0.15) is 70.0 Å². The Bertz CT molecular complexity index is 453. The predicted octanol–water partition coefficient (Wildman–Crippen LogP) is 4.78. The van der Waals surface area contributed by atoms with E-state index >= 15 is 0 Å². The fourth-order valence-electron chi connectivity index (χ4n) is 3.31. The SMILES string of the molecule is CCC(Nc1cc(Cl)nc(C2CC2)n1)C1CCCCC1. The number of hydrogen-bond acceptors (Lipinski definition) is 3. The molecule has 1 aromatic heterocycles. The van der Waals surface area contributed by atoms with Gasteiger partial charge in [0.25, 0.3) is 0 Å². The van der Waals surface area contributed by atoms with Crippen LogP contribution in [0.2, 0.25) is 5.15 Å². The molecule has 4 heteroatoms. The highest BCUT2D eigenvalue weighted by Crippen LogP contribution is 2.39. The second kappa shape index (κ2) is 6.30. The minimum absolute atomic E-state index is 0.522. The maximum Gasteiger partial charge on any atom is 0.135 e. The van der Waals surface area contributed by atoms with E-state index in [1.54, 1.807) is 0 Å². The van der Waals surface area contributed by atoms with E-state index in [9.17, 15) is 0 Å². The molecular formula is C16H24ClN3. The zero-order valence-electron chi connectivity index (χ0n) is 12.2. The van der Waals surface area contributed by atoms with Gasteiger partial charge in [0, 0.05) is 18.0 Å². The molecule has 1 unspecified atom stereocenters. The number of anilines is 1. The minimum Gasteiger partial charge on any atom is -0.367 e. The van der Waals surface area contributed by atoms with Crippen LogP contribution in [0.3, 0.4) is 0 Å². The van der Waals surface area contributed by atoms with Gasteiger partial charge in [-0.25, -0.2) is 9.97 Å². The molecule has 110 valence electrons. The van der Waals surface area contributed by atoms with Crippen LogP contribution in [-0.2, 0) is 0 Å². The van der Waals surface area contributed by atoms with Crippen molar-refractivity contribution in [3.8, 4) is 0 Å². The monoisotopic (exact) mass is 293 g/mol. The first-order valence-corrected chi connectivity index (χ1v) is 8.45. The lowest BCUT2D eigenvalue weighted by Crippen LogP contribution is -2.30. The Morgan fingerprint density at radius 3 is 2.60 bits per heavy atom. The van der Waals surface area contributed by atoms with Crippen molar-refractivity contribution >= 4 is 17.4 Å². The number of hydrogen-bond donors (Lipinski definition) is 1. The lowest BCUT2D eigenvalue weighted by atomic mass is 9.83.